The Morgan fingerprint density at radius 2 is 2.07 bits per heavy atom. The SMILES string of the molecule is C=C(/C=C(\C)N)C1CCN(C=O)CC1. The average Bonchev–Trinajstić information content (AvgIpc) is 2.17. The number of hydrogen-bond acceptors (Lipinski definition) is 2. The topological polar surface area (TPSA) is 46.3 Å². The standard InChI is InChI=1S/C11H18N2O/c1-9(7-10(2)12)11-3-5-13(8-14)6-4-11/h7-8,11H,1,3-6,12H2,2H3/b10-7+. The van der Waals surface area contributed by atoms with Gasteiger partial charge in [-0.1, -0.05) is 12.2 Å². The fourth-order valence-corrected chi connectivity index (χ4v) is 1.79. The van der Waals surface area contributed by atoms with Crippen molar-refractivity contribution in [3.63, 3.8) is 0 Å². The molecule has 1 rings (SSSR count). The maximum atomic E-state index is 10.5. The number of nitrogens with zero attached hydrogens (tertiary/aromatic N) is 1. The maximum absolute atomic E-state index is 10.5. The van der Waals surface area contributed by atoms with Crippen LogP contribution in [0.2, 0.25) is 0 Å². The molecule has 78 valence electrons. The molecule has 0 aliphatic carbocycles. The first-order chi connectivity index (χ1) is 6.63. The normalized spacial score (nSPS) is 19.5. The first-order valence-electron chi connectivity index (χ1n) is 4.95. The van der Waals surface area contributed by atoms with Crippen LogP contribution >= 0.6 is 0 Å². The van der Waals surface area contributed by atoms with Crippen LogP contribution in [0, 0.1) is 5.92 Å². The number of allylic oxidation sites excluding steroid dienone is 3. The van der Waals surface area contributed by atoms with Crippen molar-refractivity contribution < 1.29 is 4.79 Å². The molecule has 2 N–H and O–H groups in total. The van der Waals surface area contributed by atoms with Crippen molar-refractivity contribution in [2.24, 2.45) is 11.7 Å². The predicted molar refractivity (Wildman–Crippen MR) is 57.4 cm³/mol. The Labute approximate surface area is 85.3 Å². The van der Waals surface area contributed by atoms with Crippen LogP contribution in [0.1, 0.15) is 19.8 Å². The highest BCUT2D eigenvalue weighted by Crippen LogP contribution is 2.23. The van der Waals surface area contributed by atoms with Gasteiger partial charge in [0.2, 0.25) is 6.41 Å². The van der Waals surface area contributed by atoms with E-state index in [0.717, 1.165) is 43.6 Å². The summed E-state index contributed by atoms with van der Waals surface area (Å²) in [6.07, 6.45) is 4.85. The van der Waals surface area contributed by atoms with E-state index < -0.39 is 0 Å². The summed E-state index contributed by atoms with van der Waals surface area (Å²) in [5.41, 5.74) is 7.48. The highest BCUT2D eigenvalue weighted by Gasteiger charge is 2.18. The van der Waals surface area contributed by atoms with E-state index in [1.54, 1.807) is 0 Å². The molecule has 14 heavy (non-hydrogen) atoms. The quantitative estimate of drug-likeness (QED) is 0.543. The Morgan fingerprint density at radius 1 is 1.50 bits per heavy atom. The van der Waals surface area contributed by atoms with Gasteiger partial charge in [0, 0.05) is 18.8 Å². The van der Waals surface area contributed by atoms with E-state index in [1.807, 2.05) is 17.9 Å². The van der Waals surface area contributed by atoms with Crippen LogP contribution in [0.25, 0.3) is 0 Å². The second-order valence-corrected chi connectivity index (χ2v) is 3.88. The fourth-order valence-electron chi connectivity index (χ4n) is 1.79. The Bertz CT molecular complexity index is 246. The summed E-state index contributed by atoms with van der Waals surface area (Å²) in [6.45, 7) is 7.55. The molecule has 3 nitrogen and oxygen atoms in total. The van der Waals surface area contributed by atoms with Gasteiger partial charge in [0.05, 0.1) is 0 Å². The molecule has 0 saturated carbocycles. The number of amides is 1. The predicted octanol–water partition coefficient (Wildman–Crippen LogP) is 1.27. The number of piperidine rings is 1. The third-order valence-electron chi connectivity index (χ3n) is 2.62. The summed E-state index contributed by atoms with van der Waals surface area (Å²) in [5, 5.41) is 0. The lowest BCUT2D eigenvalue weighted by atomic mass is 9.90. The van der Waals surface area contributed by atoms with Gasteiger partial charge in [-0.05, 0) is 31.8 Å². The first kappa shape index (κ1) is 10.8. The van der Waals surface area contributed by atoms with Crippen LogP contribution < -0.4 is 5.73 Å². The van der Waals surface area contributed by atoms with Gasteiger partial charge >= 0.3 is 0 Å². The fraction of sp³-hybridized carbons (Fsp3) is 0.545. The summed E-state index contributed by atoms with van der Waals surface area (Å²) >= 11 is 0. The van der Waals surface area contributed by atoms with Crippen LogP contribution in [-0.2, 0) is 4.79 Å². The number of likely N-dealkylation sites (tertiary alicyclic amines) is 1. The lowest BCUT2D eigenvalue weighted by Gasteiger charge is -2.29. The van der Waals surface area contributed by atoms with E-state index in [2.05, 4.69) is 6.58 Å². The smallest absolute Gasteiger partial charge is 0.209 e. The van der Waals surface area contributed by atoms with Gasteiger partial charge in [0.1, 0.15) is 0 Å². The van der Waals surface area contributed by atoms with E-state index in [1.165, 1.54) is 0 Å². The van der Waals surface area contributed by atoms with Crippen molar-refractivity contribution >= 4 is 6.41 Å². The zero-order chi connectivity index (χ0) is 10.6. The molecule has 1 saturated heterocycles. The molecule has 0 spiro atoms. The van der Waals surface area contributed by atoms with Crippen LogP contribution in [0.15, 0.2) is 23.9 Å². The monoisotopic (exact) mass is 194 g/mol. The third-order valence-corrected chi connectivity index (χ3v) is 2.62. The molecule has 1 amide bonds. The average molecular weight is 194 g/mol. The summed E-state index contributed by atoms with van der Waals surface area (Å²) in [7, 11) is 0. The molecule has 1 aliphatic rings. The van der Waals surface area contributed by atoms with Crippen molar-refractivity contribution in [3.05, 3.63) is 23.9 Å². The van der Waals surface area contributed by atoms with Crippen LogP contribution in [0.3, 0.4) is 0 Å². The van der Waals surface area contributed by atoms with Gasteiger partial charge in [0.25, 0.3) is 0 Å². The number of nitrogens with two attached hydrogens (primary N) is 1. The van der Waals surface area contributed by atoms with Crippen LogP contribution in [-0.4, -0.2) is 24.4 Å². The number of carbonyl (C=O) groups is 1. The van der Waals surface area contributed by atoms with Gasteiger partial charge in [0.15, 0.2) is 0 Å². The molecule has 0 aromatic heterocycles. The van der Waals surface area contributed by atoms with Gasteiger partial charge in [-0.3, -0.25) is 4.79 Å². The van der Waals surface area contributed by atoms with Crippen molar-refractivity contribution in [1.29, 1.82) is 0 Å². The van der Waals surface area contributed by atoms with E-state index in [4.69, 9.17) is 5.73 Å². The van der Waals surface area contributed by atoms with Crippen molar-refractivity contribution in [3.8, 4) is 0 Å². The summed E-state index contributed by atoms with van der Waals surface area (Å²) in [5.74, 6) is 0.490. The number of rotatable bonds is 3. The maximum Gasteiger partial charge on any atom is 0.209 e. The molecule has 1 fully saturated rings. The molecule has 0 aromatic rings. The molecule has 0 atom stereocenters. The van der Waals surface area contributed by atoms with Crippen LogP contribution in [0.4, 0.5) is 0 Å². The third kappa shape index (κ3) is 2.91. The Kier molecular flexibility index (Phi) is 3.74. The minimum absolute atomic E-state index is 0.490. The number of carbonyl (C=O) groups excluding carboxylic acids is 1. The zero-order valence-electron chi connectivity index (χ0n) is 8.70. The van der Waals surface area contributed by atoms with Crippen molar-refractivity contribution in [2.45, 2.75) is 19.8 Å². The van der Waals surface area contributed by atoms with E-state index in [0.29, 0.717) is 5.92 Å². The molecule has 0 bridgehead atoms. The minimum Gasteiger partial charge on any atom is -0.402 e. The zero-order valence-corrected chi connectivity index (χ0v) is 8.70. The van der Waals surface area contributed by atoms with Gasteiger partial charge < -0.3 is 10.6 Å². The van der Waals surface area contributed by atoms with Gasteiger partial charge in [-0.15, -0.1) is 0 Å². The van der Waals surface area contributed by atoms with Crippen molar-refractivity contribution in [2.75, 3.05) is 13.1 Å². The molecule has 0 aromatic carbocycles. The molecule has 0 radical (unpaired) electrons. The van der Waals surface area contributed by atoms with Gasteiger partial charge in [-0.25, -0.2) is 0 Å². The molecular formula is C11H18N2O. The highest BCUT2D eigenvalue weighted by atomic mass is 16.1. The lowest BCUT2D eigenvalue weighted by Crippen LogP contribution is -2.32. The summed E-state index contributed by atoms with van der Waals surface area (Å²) in [6, 6.07) is 0. The molecule has 1 heterocycles. The second-order valence-electron chi connectivity index (χ2n) is 3.88. The Balaban J connectivity index is 2.45. The van der Waals surface area contributed by atoms with E-state index in [9.17, 15) is 4.79 Å². The summed E-state index contributed by atoms with van der Waals surface area (Å²) < 4.78 is 0. The molecule has 3 heteroatoms. The van der Waals surface area contributed by atoms with Gasteiger partial charge in [-0.2, -0.15) is 0 Å². The summed E-state index contributed by atoms with van der Waals surface area (Å²) in [4.78, 5) is 12.3. The Hall–Kier alpha value is -1.25. The van der Waals surface area contributed by atoms with Crippen molar-refractivity contribution in [1.82, 2.24) is 4.90 Å². The van der Waals surface area contributed by atoms with E-state index in [-0.39, 0.29) is 0 Å². The van der Waals surface area contributed by atoms with E-state index >= 15 is 0 Å². The second kappa shape index (κ2) is 4.84. The Morgan fingerprint density at radius 3 is 2.50 bits per heavy atom. The molecular weight excluding hydrogens is 176 g/mol. The largest absolute Gasteiger partial charge is 0.402 e. The minimum atomic E-state index is 0.490. The van der Waals surface area contributed by atoms with Crippen LogP contribution in [0.5, 0.6) is 0 Å². The number of hydrogen-bond donors (Lipinski definition) is 1. The lowest BCUT2D eigenvalue weighted by molar-refractivity contribution is -0.119. The first-order valence-corrected chi connectivity index (χ1v) is 4.95. The highest BCUT2D eigenvalue weighted by molar-refractivity contribution is 5.47. The molecule has 1 aliphatic heterocycles. The molecule has 0 unspecified atom stereocenters.